The molecule has 3 fully saturated rings. The van der Waals surface area contributed by atoms with E-state index >= 15 is 0 Å². The fraction of sp³-hybridized carbons (Fsp3) is 0.409. The van der Waals surface area contributed by atoms with E-state index in [1.807, 2.05) is 60.7 Å². The Morgan fingerprint density at radius 3 is 2.45 bits per heavy atom. The molecule has 0 saturated carbocycles. The van der Waals surface area contributed by atoms with Gasteiger partial charge in [-0.25, -0.2) is 4.79 Å². The van der Waals surface area contributed by atoms with Gasteiger partial charge in [0, 0.05) is 19.2 Å². The molecule has 0 aliphatic carbocycles. The molecule has 3 unspecified atom stereocenters. The SMILES string of the molecule is CO[C@H]1OC2COC(c3ccccc3)O[C@H]2[C@@H]2OC(=O)N(Cc3ccccc3)C12. The largest absolute Gasteiger partial charge is 0.441 e. The van der Waals surface area contributed by atoms with Gasteiger partial charge in [0.05, 0.1) is 6.61 Å². The van der Waals surface area contributed by atoms with Gasteiger partial charge in [0.1, 0.15) is 18.2 Å². The monoisotopic (exact) mass is 397 g/mol. The van der Waals surface area contributed by atoms with Crippen molar-refractivity contribution in [2.45, 2.75) is 43.5 Å². The van der Waals surface area contributed by atoms with E-state index in [2.05, 4.69) is 0 Å². The molecule has 0 aromatic heterocycles. The molecule has 0 N–H and O–H groups in total. The minimum absolute atomic E-state index is 0.337. The topological polar surface area (TPSA) is 66.5 Å². The van der Waals surface area contributed by atoms with Crippen LogP contribution >= 0.6 is 0 Å². The first-order valence-corrected chi connectivity index (χ1v) is 9.76. The van der Waals surface area contributed by atoms with Crippen LogP contribution in [0.1, 0.15) is 17.4 Å². The zero-order chi connectivity index (χ0) is 19.8. The number of carbonyl (C=O) groups excluding carboxylic acids is 1. The number of carbonyl (C=O) groups is 1. The molecule has 3 aliphatic rings. The van der Waals surface area contributed by atoms with E-state index in [0.29, 0.717) is 13.2 Å². The summed E-state index contributed by atoms with van der Waals surface area (Å²) in [6.45, 7) is 0.754. The molecule has 7 nitrogen and oxygen atoms in total. The van der Waals surface area contributed by atoms with Gasteiger partial charge >= 0.3 is 6.09 Å². The molecule has 6 atom stereocenters. The van der Waals surface area contributed by atoms with E-state index in [4.69, 9.17) is 23.7 Å². The molecule has 3 saturated heterocycles. The summed E-state index contributed by atoms with van der Waals surface area (Å²) >= 11 is 0. The number of fused-ring (bicyclic) bond motifs is 3. The molecule has 5 rings (SSSR count). The van der Waals surface area contributed by atoms with Crippen molar-refractivity contribution in [2.24, 2.45) is 0 Å². The van der Waals surface area contributed by atoms with E-state index in [1.165, 1.54) is 0 Å². The number of amides is 1. The van der Waals surface area contributed by atoms with E-state index in [9.17, 15) is 4.79 Å². The fourth-order valence-corrected chi connectivity index (χ4v) is 4.25. The quantitative estimate of drug-likeness (QED) is 0.791. The lowest BCUT2D eigenvalue weighted by Gasteiger charge is -2.46. The number of ether oxygens (including phenoxy) is 5. The highest BCUT2D eigenvalue weighted by atomic mass is 16.8. The average molecular weight is 397 g/mol. The predicted octanol–water partition coefficient (Wildman–Crippen LogP) is 2.86. The van der Waals surface area contributed by atoms with Crippen molar-refractivity contribution in [3.8, 4) is 0 Å². The average Bonchev–Trinajstić information content (AvgIpc) is 3.10. The van der Waals surface area contributed by atoms with Crippen LogP contribution in [0.5, 0.6) is 0 Å². The maximum atomic E-state index is 12.7. The summed E-state index contributed by atoms with van der Waals surface area (Å²) in [7, 11) is 1.57. The first-order chi connectivity index (χ1) is 14.2. The van der Waals surface area contributed by atoms with Crippen LogP contribution in [0.3, 0.4) is 0 Å². The third-order valence-corrected chi connectivity index (χ3v) is 5.64. The lowest BCUT2D eigenvalue weighted by atomic mass is 9.95. The molecule has 7 heteroatoms. The second kappa shape index (κ2) is 7.76. The molecule has 0 radical (unpaired) electrons. The van der Waals surface area contributed by atoms with Gasteiger partial charge in [0.2, 0.25) is 0 Å². The minimum atomic E-state index is -0.614. The summed E-state index contributed by atoms with van der Waals surface area (Å²) in [6.07, 6.45) is -2.83. The second-order valence-corrected chi connectivity index (χ2v) is 7.41. The zero-order valence-corrected chi connectivity index (χ0v) is 16.0. The smallest absolute Gasteiger partial charge is 0.411 e. The molecule has 2 aromatic rings. The van der Waals surface area contributed by atoms with Crippen LogP contribution in [0.4, 0.5) is 4.79 Å². The highest BCUT2D eigenvalue weighted by Crippen LogP contribution is 2.40. The van der Waals surface area contributed by atoms with Gasteiger partial charge in [-0.1, -0.05) is 60.7 Å². The molecule has 29 heavy (non-hydrogen) atoms. The number of rotatable bonds is 4. The normalized spacial score (nSPS) is 33.7. The Balaban J connectivity index is 1.40. The highest BCUT2D eigenvalue weighted by molar-refractivity contribution is 5.71. The highest BCUT2D eigenvalue weighted by Gasteiger charge is 2.58. The first-order valence-electron chi connectivity index (χ1n) is 9.76. The third kappa shape index (κ3) is 3.40. The Kier molecular flexibility index (Phi) is 4.97. The Morgan fingerprint density at radius 2 is 1.72 bits per heavy atom. The molecule has 0 bridgehead atoms. The second-order valence-electron chi connectivity index (χ2n) is 7.41. The van der Waals surface area contributed by atoms with Crippen LogP contribution in [-0.4, -0.2) is 55.4 Å². The number of hydrogen-bond acceptors (Lipinski definition) is 6. The van der Waals surface area contributed by atoms with Crippen LogP contribution in [0.15, 0.2) is 60.7 Å². The van der Waals surface area contributed by atoms with Gasteiger partial charge in [-0.15, -0.1) is 0 Å². The maximum absolute atomic E-state index is 12.7. The van der Waals surface area contributed by atoms with E-state index in [1.54, 1.807) is 12.0 Å². The van der Waals surface area contributed by atoms with E-state index in [0.717, 1.165) is 11.1 Å². The zero-order valence-electron chi connectivity index (χ0n) is 16.0. The molecule has 152 valence electrons. The minimum Gasteiger partial charge on any atom is -0.441 e. The van der Waals surface area contributed by atoms with Crippen LogP contribution in [0, 0.1) is 0 Å². The Morgan fingerprint density at radius 1 is 1.00 bits per heavy atom. The molecule has 0 spiro atoms. The number of methoxy groups -OCH3 is 1. The number of hydrogen-bond donors (Lipinski definition) is 0. The van der Waals surface area contributed by atoms with Crippen molar-refractivity contribution in [3.63, 3.8) is 0 Å². The molecule has 1 amide bonds. The van der Waals surface area contributed by atoms with Gasteiger partial charge in [-0.05, 0) is 5.56 Å². The van der Waals surface area contributed by atoms with Crippen molar-refractivity contribution in [2.75, 3.05) is 13.7 Å². The molecule has 2 aromatic carbocycles. The van der Waals surface area contributed by atoms with Crippen molar-refractivity contribution in [3.05, 3.63) is 71.8 Å². The van der Waals surface area contributed by atoms with Crippen molar-refractivity contribution in [1.29, 1.82) is 0 Å². The lowest BCUT2D eigenvalue weighted by Crippen LogP contribution is -2.63. The van der Waals surface area contributed by atoms with Gasteiger partial charge < -0.3 is 23.7 Å². The summed E-state index contributed by atoms with van der Waals surface area (Å²) in [4.78, 5) is 14.4. The number of benzene rings is 2. The fourth-order valence-electron chi connectivity index (χ4n) is 4.25. The van der Waals surface area contributed by atoms with Crippen LogP contribution in [0.25, 0.3) is 0 Å². The van der Waals surface area contributed by atoms with Crippen LogP contribution in [-0.2, 0) is 30.2 Å². The molecular formula is C22H23NO6. The summed E-state index contributed by atoms with van der Waals surface area (Å²) in [5.74, 6) is 0. The third-order valence-electron chi connectivity index (χ3n) is 5.64. The van der Waals surface area contributed by atoms with E-state index < -0.39 is 30.8 Å². The number of nitrogens with zero attached hydrogens (tertiary/aromatic N) is 1. The predicted molar refractivity (Wildman–Crippen MR) is 102 cm³/mol. The Bertz CT molecular complexity index is 847. The van der Waals surface area contributed by atoms with Crippen LogP contribution < -0.4 is 0 Å². The van der Waals surface area contributed by atoms with E-state index in [-0.39, 0.29) is 12.2 Å². The summed E-state index contributed by atoms with van der Waals surface area (Å²) in [5, 5.41) is 0. The standard InChI is InChI=1S/C22H23NO6/c1-25-21-17-19(29-22(24)23(17)12-14-8-4-2-5-9-14)18-16(27-21)13-26-20(28-18)15-10-6-3-7-11-15/h2-11,16-21H,12-13H2,1H3/t16?,17?,18-,19-,20?,21+/m1/s1. The first kappa shape index (κ1) is 18.6. The molecule has 3 aliphatic heterocycles. The van der Waals surface area contributed by atoms with Crippen LogP contribution in [0.2, 0.25) is 0 Å². The van der Waals surface area contributed by atoms with Crippen molar-refractivity contribution < 1.29 is 28.5 Å². The van der Waals surface area contributed by atoms with Gasteiger partial charge in [-0.3, -0.25) is 4.90 Å². The molecule has 3 heterocycles. The summed E-state index contributed by atoms with van der Waals surface area (Å²) in [5.41, 5.74) is 1.93. The van der Waals surface area contributed by atoms with Gasteiger partial charge in [-0.2, -0.15) is 0 Å². The van der Waals surface area contributed by atoms with Gasteiger partial charge in [0.25, 0.3) is 0 Å². The Hall–Kier alpha value is -2.45. The summed E-state index contributed by atoms with van der Waals surface area (Å²) in [6, 6.07) is 19.1. The summed E-state index contributed by atoms with van der Waals surface area (Å²) < 4.78 is 29.6. The Labute approximate surface area is 169 Å². The van der Waals surface area contributed by atoms with Gasteiger partial charge in [0.15, 0.2) is 18.7 Å². The molecular weight excluding hydrogens is 374 g/mol. The maximum Gasteiger partial charge on any atom is 0.411 e. The lowest BCUT2D eigenvalue weighted by molar-refractivity contribution is -0.338. The van der Waals surface area contributed by atoms with Crippen molar-refractivity contribution >= 4 is 6.09 Å². The van der Waals surface area contributed by atoms with Crippen molar-refractivity contribution in [1.82, 2.24) is 4.90 Å².